The summed E-state index contributed by atoms with van der Waals surface area (Å²) in [5, 5.41) is 0. The van der Waals surface area contributed by atoms with Gasteiger partial charge in [0.25, 0.3) is 0 Å². The molecule has 150 valence electrons. The summed E-state index contributed by atoms with van der Waals surface area (Å²) >= 11 is 0. The maximum absolute atomic E-state index is 12.6. The standard InChI is InChI=1S/C23H29N3O2.H2/c1-4-20-18-9-7-10-19(17-18)28-16-8-14-25(2)13-6-5-11-22(27)21-12-15-26(3)23(20)24-21;/h4,7,9-10,12,15,17H,1,5-6,8,11,13-14,16H2,2-3H3;1H/b23-20+;. The van der Waals surface area contributed by atoms with Crippen molar-refractivity contribution >= 4 is 17.1 Å². The Morgan fingerprint density at radius 2 is 2.04 bits per heavy atom. The SMILES string of the molecule is C=C/C1=C2/N=C(C=CN2C)C(=O)CCCCN(C)CCCOc2cccc1c2.[HH]. The van der Waals surface area contributed by atoms with Crippen LogP contribution in [0, 0.1) is 0 Å². The van der Waals surface area contributed by atoms with Crippen molar-refractivity contribution in [1.82, 2.24) is 9.80 Å². The first-order valence-corrected chi connectivity index (χ1v) is 9.90. The highest BCUT2D eigenvalue weighted by molar-refractivity contribution is 6.44. The van der Waals surface area contributed by atoms with Gasteiger partial charge in [-0.2, -0.15) is 0 Å². The van der Waals surface area contributed by atoms with Crippen LogP contribution in [0.15, 0.2) is 60.0 Å². The number of allylic oxidation sites excluding steroid dienone is 3. The average Bonchev–Trinajstić information content (AvgIpc) is 2.70. The van der Waals surface area contributed by atoms with Crippen molar-refractivity contribution in [3.05, 3.63) is 60.6 Å². The molecule has 0 aromatic heterocycles. The second kappa shape index (κ2) is 9.51. The van der Waals surface area contributed by atoms with Crippen LogP contribution in [0.2, 0.25) is 0 Å². The Morgan fingerprint density at radius 1 is 1.21 bits per heavy atom. The monoisotopic (exact) mass is 381 g/mol. The van der Waals surface area contributed by atoms with Crippen molar-refractivity contribution in [2.75, 3.05) is 33.8 Å². The summed E-state index contributed by atoms with van der Waals surface area (Å²) in [5.74, 6) is 1.65. The summed E-state index contributed by atoms with van der Waals surface area (Å²) < 4.78 is 5.96. The third-order valence-corrected chi connectivity index (χ3v) is 5.04. The van der Waals surface area contributed by atoms with Gasteiger partial charge in [-0.05, 0) is 56.6 Å². The van der Waals surface area contributed by atoms with E-state index in [1.165, 1.54) is 0 Å². The highest BCUT2D eigenvalue weighted by Crippen LogP contribution is 2.28. The molecule has 0 fully saturated rings. The normalized spacial score (nSPS) is 22.3. The van der Waals surface area contributed by atoms with Crippen LogP contribution < -0.4 is 4.74 Å². The Morgan fingerprint density at radius 3 is 2.86 bits per heavy atom. The lowest BCUT2D eigenvalue weighted by Gasteiger charge is -2.22. The van der Waals surface area contributed by atoms with Crippen LogP contribution >= 0.6 is 0 Å². The number of ether oxygens (including phenoxy) is 1. The highest BCUT2D eigenvalue weighted by atomic mass is 16.5. The third-order valence-electron chi connectivity index (χ3n) is 5.04. The lowest BCUT2D eigenvalue weighted by atomic mass is 10.0. The fourth-order valence-corrected chi connectivity index (χ4v) is 3.41. The molecule has 0 N–H and O–H groups in total. The fraction of sp³-hybridized carbons (Fsp3) is 0.391. The van der Waals surface area contributed by atoms with E-state index in [-0.39, 0.29) is 7.21 Å². The van der Waals surface area contributed by atoms with Crippen LogP contribution in [0.1, 0.15) is 32.7 Å². The van der Waals surface area contributed by atoms with Gasteiger partial charge in [0.15, 0.2) is 5.78 Å². The van der Waals surface area contributed by atoms with Crippen LogP contribution in [-0.2, 0) is 4.79 Å². The summed E-state index contributed by atoms with van der Waals surface area (Å²) in [6.45, 7) is 6.62. The van der Waals surface area contributed by atoms with Crippen LogP contribution in [0.3, 0.4) is 0 Å². The lowest BCUT2D eigenvalue weighted by molar-refractivity contribution is -0.113. The van der Waals surface area contributed by atoms with Gasteiger partial charge in [0.05, 0.1) is 6.61 Å². The summed E-state index contributed by atoms with van der Waals surface area (Å²) in [6, 6.07) is 7.97. The van der Waals surface area contributed by atoms with Crippen molar-refractivity contribution < 1.29 is 11.0 Å². The maximum Gasteiger partial charge on any atom is 0.181 e. The zero-order chi connectivity index (χ0) is 19.9. The largest absolute Gasteiger partial charge is 0.494 e. The van der Waals surface area contributed by atoms with E-state index in [4.69, 9.17) is 4.74 Å². The van der Waals surface area contributed by atoms with Gasteiger partial charge >= 0.3 is 0 Å². The third kappa shape index (κ3) is 4.98. The first-order valence-electron chi connectivity index (χ1n) is 9.90. The molecule has 0 amide bonds. The van der Waals surface area contributed by atoms with Crippen LogP contribution in [0.25, 0.3) is 5.57 Å². The van der Waals surface area contributed by atoms with Gasteiger partial charge in [0, 0.05) is 33.2 Å². The number of nitrogens with zero attached hydrogens (tertiary/aromatic N) is 3. The minimum absolute atomic E-state index is 0. The van der Waals surface area contributed by atoms with Crippen LogP contribution in [-0.4, -0.2) is 55.1 Å². The van der Waals surface area contributed by atoms with E-state index >= 15 is 0 Å². The molecule has 3 rings (SSSR count). The number of aliphatic imine (C=N–C) groups is 1. The summed E-state index contributed by atoms with van der Waals surface area (Å²) in [5.41, 5.74) is 2.37. The summed E-state index contributed by atoms with van der Waals surface area (Å²) in [6.07, 6.45) is 8.84. The second-order valence-corrected chi connectivity index (χ2v) is 7.28. The molecule has 1 aromatic rings. The molecule has 1 aromatic carbocycles. The quantitative estimate of drug-likeness (QED) is 0.733. The molecular weight excluding hydrogens is 350 g/mol. The van der Waals surface area contributed by atoms with Gasteiger partial charge in [0.1, 0.15) is 17.3 Å². The molecule has 0 atom stereocenters. The van der Waals surface area contributed by atoms with E-state index in [1.807, 2.05) is 42.4 Å². The Hall–Kier alpha value is -2.66. The van der Waals surface area contributed by atoms with Gasteiger partial charge in [-0.15, -0.1) is 0 Å². The minimum atomic E-state index is 0. The molecule has 5 heteroatoms. The molecule has 4 bridgehead atoms. The molecule has 0 radical (unpaired) electrons. The van der Waals surface area contributed by atoms with Gasteiger partial charge in [-0.3, -0.25) is 4.79 Å². The van der Waals surface area contributed by atoms with Crippen molar-refractivity contribution in [3.8, 4) is 5.75 Å². The van der Waals surface area contributed by atoms with Gasteiger partial charge in [0.2, 0.25) is 0 Å². The number of benzene rings is 1. The molecule has 2 aliphatic rings. The van der Waals surface area contributed by atoms with E-state index in [0.29, 0.717) is 18.7 Å². The van der Waals surface area contributed by atoms with E-state index in [1.54, 1.807) is 12.2 Å². The van der Waals surface area contributed by atoms with Crippen LogP contribution in [0.4, 0.5) is 0 Å². The Bertz CT molecular complexity index is 829. The Kier molecular flexibility index (Phi) is 6.82. The molecule has 0 spiro atoms. The number of carbonyl (C=O) groups excluding carboxylic acids is 1. The molecule has 2 heterocycles. The van der Waals surface area contributed by atoms with Crippen molar-refractivity contribution in [2.24, 2.45) is 4.99 Å². The molecule has 0 aliphatic carbocycles. The van der Waals surface area contributed by atoms with E-state index < -0.39 is 0 Å². The van der Waals surface area contributed by atoms with Crippen molar-refractivity contribution in [2.45, 2.75) is 25.7 Å². The lowest BCUT2D eigenvalue weighted by Crippen LogP contribution is -2.23. The number of fused-ring (bicyclic) bond motifs is 3. The zero-order valence-electron chi connectivity index (χ0n) is 16.9. The smallest absolute Gasteiger partial charge is 0.181 e. The Labute approximate surface area is 169 Å². The predicted octanol–water partition coefficient (Wildman–Crippen LogP) is 4.14. The molecular formula is C23H31N3O2. The minimum Gasteiger partial charge on any atom is -0.494 e. The van der Waals surface area contributed by atoms with Crippen molar-refractivity contribution in [3.63, 3.8) is 0 Å². The topological polar surface area (TPSA) is 45.1 Å². The number of carbonyl (C=O) groups is 1. The number of rotatable bonds is 1. The van der Waals surface area contributed by atoms with E-state index in [2.05, 4.69) is 23.5 Å². The van der Waals surface area contributed by atoms with E-state index in [0.717, 1.165) is 55.1 Å². The summed E-state index contributed by atoms with van der Waals surface area (Å²) in [4.78, 5) is 21.5. The molecule has 28 heavy (non-hydrogen) atoms. The zero-order valence-corrected chi connectivity index (χ0v) is 16.9. The Balaban J connectivity index is 0.00000300. The predicted molar refractivity (Wildman–Crippen MR) is 116 cm³/mol. The number of hydrogen-bond acceptors (Lipinski definition) is 5. The van der Waals surface area contributed by atoms with E-state index in [9.17, 15) is 4.79 Å². The molecule has 0 saturated carbocycles. The highest BCUT2D eigenvalue weighted by Gasteiger charge is 2.18. The summed E-state index contributed by atoms with van der Waals surface area (Å²) in [7, 11) is 4.05. The van der Waals surface area contributed by atoms with Crippen molar-refractivity contribution in [1.29, 1.82) is 0 Å². The first kappa shape index (κ1) is 20.1. The number of Topliss-reactive ketones (excluding diaryl/α,β-unsaturated/α-hetero) is 1. The molecule has 0 saturated heterocycles. The molecule has 5 nitrogen and oxygen atoms in total. The first-order chi connectivity index (χ1) is 13.6. The van der Waals surface area contributed by atoms with Crippen LogP contribution in [0.5, 0.6) is 5.75 Å². The number of hydrogen-bond donors (Lipinski definition) is 0. The average molecular weight is 382 g/mol. The number of ketones is 1. The van der Waals surface area contributed by atoms with Gasteiger partial charge < -0.3 is 14.5 Å². The maximum atomic E-state index is 12.6. The second-order valence-electron chi connectivity index (χ2n) is 7.28. The molecule has 2 aliphatic heterocycles. The molecule has 0 unspecified atom stereocenters. The van der Waals surface area contributed by atoms with Gasteiger partial charge in [-0.25, -0.2) is 4.99 Å². The van der Waals surface area contributed by atoms with Gasteiger partial charge in [-0.1, -0.05) is 24.8 Å². The fourth-order valence-electron chi connectivity index (χ4n) is 3.41.